The highest BCUT2D eigenvalue weighted by molar-refractivity contribution is 8.04. The average molecular weight is 270 g/mol. The number of aldehydes is 1. The molecule has 1 unspecified atom stereocenters. The van der Waals surface area contributed by atoms with E-state index in [1.165, 1.54) is 0 Å². The van der Waals surface area contributed by atoms with Crippen molar-refractivity contribution in [1.29, 1.82) is 5.26 Å². The van der Waals surface area contributed by atoms with Crippen molar-refractivity contribution < 1.29 is 9.53 Å². The zero-order valence-electron chi connectivity index (χ0n) is 9.57. The van der Waals surface area contributed by atoms with Gasteiger partial charge < -0.3 is 9.53 Å². The second-order valence-corrected chi connectivity index (χ2v) is 4.93. The highest BCUT2D eigenvalue weighted by atomic mass is 35.5. The summed E-state index contributed by atoms with van der Waals surface area (Å²) in [6, 6.07) is 3.61. The van der Waals surface area contributed by atoms with E-state index < -0.39 is 0 Å². The summed E-state index contributed by atoms with van der Waals surface area (Å²) < 4.78 is 5.15. The van der Waals surface area contributed by atoms with Gasteiger partial charge in [0.2, 0.25) is 0 Å². The third kappa shape index (κ3) is 3.65. The number of thioether (sulfide) groups is 1. The number of hydrogen-bond acceptors (Lipinski definition) is 4. The van der Waals surface area contributed by atoms with E-state index in [9.17, 15) is 4.79 Å². The van der Waals surface area contributed by atoms with Gasteiger partial charge in [-0.15, -0.1) is 0 Å². The molecule has 1 rings (SSSR count). The number of benzene rings is 1. The van der Waals surface area contributed by atoms with Crippen molar-refractivity contribution in [3.63, 3.8) is 0 Å². The van der Waals surface area contributed by atoms with Gasteiger partial charge >= 0.3 is 0 Å². The van der Waals surface area contributed by atoms with Crippen LogP contribution in [-0.2, 0) is 11.2 Å². The first kappa shape index (κ1) is 13.9. The molecule has 0 saturated heterocycles. The fourth-order valence-corrected chi connectivity index (χ4v) is 2.19. The Balaban J connectivity index is 2.95. The molecule has 0 fully saturated rings. The Kier molecular flexibility index (Phi) is 5.33. The molecule has 90 valence electrons. The van der Waals surface area contributed by atoms with E-state index in [-0.39, 0.29) is 5.25 Å². The summed E-state index contributed by atoms with van der Waals surface area (Å²) in [7, 11) is 1.58. The van der Waals surface area contributed by atoms with Gasteiger partial charge in [0.1, 0.15) is 17.4 Å². The van der Waals surface area contributed by atoms with Crippen LogP contribution in [0.2, 0.25) is 5.02 Å². The summed E-state index contributed by atoms with van der Waals surface area (Å²) >= 11 is 7.04. The van der Waals surface area contributed by atoms with Gasteiger partial charge in [-0.1, -0.05) is 17.7 Å². The lowest BCUT2D eigenvalue weighted by Gasteiger charge is -2.11. The van der Waals surface area contributed by atoms with E-state index in [4.69, 9.17) is 21.6 Å². The van der Waals surface area contributed by atoms with Crippen molar-refractivity contribution in [2.45, 2.75) is 18.6 Å². The van der Waals surface area contributed by atoms with E-state index in [1.54, 1.807) is 13.2 Å². The molecule has 0 aromatic heterocycles. The summed E-state index contributed by atoms with van der Waals surface area (Å²) in [4.78, 5) is 10.8. The number of rotatable bonds is 5. The Labute approximate surface area is 110 Å². The molecule has 0 spiro atoms. The molecule has 0 saturated carbocycles. The molecule has 5 heteroatoms. The molecule has 0 radical (unpaired) electrons. The van der Waals surface area contributed by atoms with E-state index in [0.717, 1.165) is 29.2 Å². The monoisotopic (exact) mass is 269 g/mol. The Morgan fingerprint density at radius 2 is 2.35 bits per heavy atom. The first-order valence-electron chi connectivity index (χ1n) is 4.95. The van der Waals surface area contributed by atoms with Crippen molar-refractivity contribution in [3.8, 4) is 11.2 Å². The SMILES string of the molecule is COc1cc(Cl)c(CC(C=O)SC#N)cc1C. The van der Waals surface area contributed by atoms with E-state index >= 15 is 0 Å². The van der Waals surface area contributed by atoms with Gasteiger partial charge in [-0.05, 0) is 42.3 Å². The molecule has 0 N–H and O–H groups in total. The Morgan fingerprint density at radius 1 is 1.65 bits per heavy atom. The second-order valence-electron chi connectivity index (χ2n) is 3.50. The predicted molar refractivity (Wildman–Crippen MR) is 69.5 cm³/mol. The highest BCUT2D eigenvalue weighted by Gasteiger charge is 2.13. The number of carbonyl (C=O) groups excluding carboxylic acids is 1. The summed E-state index contributed by atoms with van der Waals surface area (Å²) in [5.41, 5.74) is 1.81. The number of nitriles is 1. The minimum absolute atomic E-state index is 0.384. The fraction of sp³-hybridized carbons (Fsp3) is 0.333. The molecule has 0 aliphatic carbocycles. The lowest BCUT2D eigenvalue weighted by Crippen LogP contribution is -2.08. The van der Waals surface area contributed by atoms with Crippen molar-refractivity contribution in [2.24, 2.45) is 0 Å². The minimum atomic E-state index is -0.384. The van der Waals surface area contributed by atoms with Gasteiger partial charge in [-0.25, -0.2) is 0 Å². The number of methoxy groups -OCH3 is 1. The highest BCUT2D eigenvalue weighted by Crippen LogP contribution is 2.28. The van der Waals surface area contributed by atoms with Crippen molar-refractivity contribution in [3.05, 3.63) is 28.3 Å². The summed E-state index contributed by atoms with van der Waals surface area (Å²) in [6.45, 7) is 1.91. The number of thiocyanates is 1. The maximum Gasteiger partial charge on any atom is 0.134 e. The molecule has 0 bridgehead atoms. The van der Waals surface area contributed by atoms with Crippen LogP contribution in [0.4, 0.5) is 0 Å². The van der Waals surface area contributed by atoms with Crippen molar-refractivity contribution in [2.75, 3.05) is 7.11 Å². The van der Waals surface area contributed by atoms with Gasteiger partial charge in [0.25, 0.3) is 0 Å². The first-order chi connectivity index (χ1) is 8.12. The summed E-state index contributed by atoms with van der Waals surface area (Å²) in [6.07, 6.45) is 1.22. The van der Waals surface area contributed by atoms with Crippen LogP contribution >= 0.6 is 23.4 Å². The fourth-order valence-electron chi connectivity index (χ4n) is 1.50. The van der Waals surface area contributed by atoms with Crippen molar-refractivity contribution >= 4 is 29.6 Å². The van der Waals surface area contributed by atoms with E-state index in [1.807, 2.05) is 18.4 Å². The minimum Gasteiger partial charge on any atom is -0.496 e. The predicted octanol–water partition coefficient (Wildman–Crippen LogP) is 2.98. The molecule has 0 aliphatic rings. The maximum atomic E-state index is 10.8. The zero-order valence-corrected chi connectivity index (χ0v) is 11.1. The zero-order chi connectivity index (χ0) is 12.8. The standard InChI is InChI=1S/C12H12ClNO2S/c1-8-3-9(4-10(6-15)17-7-14)11(13)5-12(8)16-2/h3,5-6,10H,4H2,1-2H3. The maximum absolute atomic E-state index is 10.8. The van der Waals surface area contributed by atoms with Gasteiger partial charge in [0, 0.05) is 5.02 Å². The van der Waals surface area contributed by atoms with Crippen LogP contribution < -0.4 is 4.74 Å². The lowest BCUT2D eigenvalue weighted by molar-refractivity contribution is -0.107. The van der Waals surface area contributed by atoms with Crippen LogP contribution in [0.5, 0.6) is 5.75 Å². The van der Waals surface area contributed by atoms with Crippen molar-refractivity contribution in [1.82, 2.24) is 0 Å². The lowest BCUT2D eigenvalue weighted by atomic mass is 10.1. The van der Waals surface area contributed by atoms with Crippen LogP contribution in [0, 0.1) is 17.6 Å². The molecule has 3 nitrogen and oxygen atoms in total. The average Bonchev–Trinajstić information content (AvgIpc) is 2.32. The van der Waals surface area contributed by atoms with Gasteiger partial charge in [-0.3, -0.25) is 0 Å². The first-order valence-corrected chi connectivity index (χ1v) is 6.21. The molecule has 1 aromatic carbocycles. The summed E-state index contributed by atoms with van der Waals surface area (Å²) in [5, 5.41) is 10.6. The molecule has 0 aliphatic heterocycles. The van der Waals surface area contributed by atoms with Crippen LogP contribution in [0.15, 0.2) is 12.1 Å². The molecule has 17 heavy (non-hydrogen) atoms. The summed E-state index contributed by atoms with van der Waals surface area (Å²) in [5.74, 6) is 0.717. The number of aryl methyl sites for hydroxylation is 1. The Hall–Kier alpha value is -1.18. The number of carbonyl (C=O) groups is 1. The quantitative estimate of drug-likeness (QED) is 0.609. The molecule has 1 aromatic rings. The number of nitrogens with zero attached hydrogens (tertiary/aromatic N) is 1. The number of halogens is 1. The molecule has 1 atom stereocenters. The number of ether oxygens (including phenoxy) is 1. The van der Waals surface area contributed by atoms with Gasteiger partial charge in [0.15, 0.2) is 0 Å². The molecular formula is C12H12ClNO2S. The van der Waals surface area contributed by atoms with Crippen LogP contribution in [0.3, 0.4) is 0 Å². The smallest absolute Gasteiger partial charge is 0.134 e. The Bertz CT molecular complexity index is 457. The van der Waals surface area contributed by atoms with E-state index in [0.29, 0.717) is 17.2 Å². The van der Waals surface area contributed by atoms with Crippen LogP contribution in [0.25, 0.3) is 0 Å². The topological polar surface area (TPSA) is 50.1 Å². The molecule has 0 amide bonds. The van der Waals surface area contributed by atoms with Gasteiger partial charge in [-0.2, -0.15) is 5.26 Å². The van der Waals surface area contributed by atoms with Gasteiger partial charge in [0.05, 0.1) is 12.4 Å². The third-order valence-corrected chi connectivity index (χ3v) is 3.38. The van der Waals surface area contributed by atoms with Crippen LogP contribution in [-0.4, -0.2) is 18.6 Å². The third-order valence-electron chi connectivity index (χ3n) is 2.34. The molecule has 0 heterocycles. The molecular weight excluding hydrogens is 258 g/mol. The Morgan fingerprint density at radius 3 is 2.88 bits per heavy atom. The number of hydrogen-bond donors (Lipinski definition) is 0. The van der Waals surface area contributed by atoms with E-state index in [2.05, 4.69) is 0 Å². The largest absolute Gasteiger partial charge is 0.496 e. The normalized spacial score (nSPS) is 11.6. The van der Waals surface area contributed by atoms with Crippen LogP contribution in [0.1, 0.15) is 11.1 Å². The second kappa shape index (κ2) is 6.53.